The van der Waals surface area contributed by atoms with Gasteiger partial charge in [-0.05, 0) is 94.0 Å². The van der Waals surface area contributed by atoms with E-state index in [1.165, 1.54) is 36.7 Å². The molecule has 0 amide bonds. The summed E-state index contributed by atoms with van der Waals surface area (Å²) in [5.41, 5.74) is 8.27. The normalized spacial score (nSPS) is 11.7. The molecule has 0 unspecified atom stereocenters. The number of rotatable bonds is 5. The Morgan fingerprint density at radius 2 is 1.12 bits per heavy atom. The number of hydrogen-bond acceptors (Lipinski definition) is 4. The van der Waals surface area contributed by atoms with Crippen molar-refractivity contribution in [2.24, 2.45) is 0 Å². The maximum atomic E-state index is 6.64. The van der Waals surface area contributed by atoms with Crippen LogP contribution in [0.5, 0.6) is 0 Å². The summed E-state index contributed by atoms with van der Waals surface area (Å²) in [5.74, 6) is 0.627. The number of anilines is 3. The van der Waals surface area contributed by atoms with Crippen molar-refractivity contribution in [1.29, 1.82) is 0 Å². The predicted molar refractivity (Wildman–Crippen MR) is 207 cm³/mol. The topological polar surface area (TPSA) is 29.3 Å². The molecule has 0 saturated heterocycles. The molecule has 0 aliphatic rings. The minimum atomic E-state index is 0.627. The predicted octanol–water partition coefficient (Wildman–Crippen LogP) is 13.3. The number of hydrogen-bond donors (Lipinski definition) is 0. The molecule has 0 N–H and O–H groups in total. The number of thiophene rings is 1. The quantitative estimate of drug-likeness (QED) is 0.175. The van der Waals surface area contributed by atoms with Gasteiger partial charge in [0.2, 0.25) is 5.89 Å². The van der Waals surface area contributed by atoms with Crippen molar-refractivity contribution in [2.75, 3.05) is 4.90 Å². The number of fused-ring (bicyclic) bond motifs is 8. The van der Waals surface area contributed by atoms with Crippen LogP contribution in [0.4, 0.5) is 17.1 Å². The zero-order valence-corrected chi connectivity index (χ0v) is 27.2. The van der Waals surface area contributed by atoms with E-state index in [-0.39, 0.29) is 0 Å². The number of para-hydroxylation sites is 1. The molecule has 0 fully saturated rings. The molecular formula is C45H28N2OS. The highest BCUT2D eigenvalue weighted by Gasteiger charge is 2.20. The standard InChI is InChI=1S/C45H28N2OS/c1-4-12-29(13-5-1)38-26-31-20-25-40-44(48-45(46-40)30-14-6-2-7-15-30)43(31)39-27-33(21-23-35(38)39)47(32-16-8-3-9-17-32)34-22-24-37-36-18-10-11-19-41(36)49-42(37)28-34/h1-28H. The number of nitrogens with zero attached hydrogens (tertiary/aromatic N) is 2. The summed E-state index contributed by atoms with van der Waals surface area (Å²) in [7, 11) is 0. The van der Waals surface area contributed by atoms with Gasteiger partial charge in [-0.2, -0.15) is 0 Å². The summed E-state index contributed by atoms with van der Waals surface area (Å²) in [6, 6.07) is 60.3. The molecule has 230 valence electrons. The molecule has 0 atom stereocenters. The Labute approximate surface area is 286 Å². The lowest BCUT2D eigenvalue weighted by Gasteiger charge is -2.26. The monoisotopic (exact) mass is 644 g/mol. The molecule has 0 radical (unpaired) electrons. The molecule has 3 nitrogen and oxygen atoms in total. The highest BCUT2D eigenvalue weighted by molar-refractivity contribution is 7.25. The lowest BCUT2D eigenvalue weighted by molar-refractivity contribution is 0.623. The molecule has 0 spiro atoms. The van der Waals surface area contributed by atoms with Gasteiger partial charge in [0, 0.05) is 48.2 Å². The Kier molecular flexibility index (Phi) is 6.36. The van der Waals surface area contributed by atoms with Crippen molar-refractivity contribution in [2.45, 2.75) is 0 Å². The fourth-order valence-electron chi connectivity index (χ4n) is 7.19. The number of benzene rings is 8. The van der Waals surface area contributed by atoms with Crippen LogP contribution < -0.4 is 4.90 Å². The smallest absolute Gasteiger partial charge is 0.227 e. The lowest BCUT2D eigenvalue weighted by atomic mass is 9.92. The van der Waals surface area contributed by atoms with Crippen LogP contribution in [0.3, 0.4) is 0 Å². The van der Waals surface area contributed by atoms with Crippen LogP contribution in [0.25, 0.3) is 75.4 Å². The van der Waals surface area contributed by atoms with Crippen LogP contribution in [0.15, 0.2) is 174 Å². The molecule has 49 heavy (non-hydrogen) atoms. The van der Waals surface area contributed by atoms with Crippen LogP contribution in [0.1, 0.15) is 0 Å². The van der Waals surface area contributed by atoms with Gasteiger partial charge in [-0.15, -0.1) is 11.3 Å². The summed E-state index contributed by atoms with van der Waals surface area (Å²) in [4.78, 5) is 7.31. The maximum Gasteiger partial charge on any atom is 0.227 e. The first-order valence-electron chi connectivity index (χ1n) is 16.5. The average molecular weight is 645 g/mol. The molecular weight excluding hydrogens is 617 g/mol. The molecule has 0 saturated carbocycles. The summed E-state index contributed by atoms with van der Waals surface area (Å²) < 4.78 is 9.22. The van der Waals surface area contributed by atoms with Crippen LogP contribution in [-0.4, -0.2) is 4.98 Å². The summed E-state index contributed by atoms with van der Waals surface area (Å²) in [5, 5.41) is 7.06. The summed E-state index contributed by atoms with van der Waals surface area (Å²) in [6.45, 7) is 0. The van der Waals surface area contributed by atoms with Crippen LogP contribution in [0, 0.1) is 0 Å². The van der Waals surface area contributed by atoms with Crippen molar-refractivity contribution in [1.82, 2.24) is 4.98 Å². The molecule has 8 aromatic carbocycles. The van der Waals surface area contributed by atoms with Crippen molar-refractivity contribution in [3.8, 4) is 22.6 Å². The van der Waals surface area contributed by atoms with Gasteiger partial charge < -0.3 is 9.32 Å². The molecule has 10 rings (SSSR count). The van der Waals surface area contributed by atoms with Gasteiger partial charge in [-0.25, -0.2) is 4.98 Å². The SMILES string of the molecule is c1ccc(-c2nc3ccc4cc(-c5ccccc5)c5ccc(N(c6ccccc6)c6ccc7c(c6)sc6ccccc67)cc5c4c3o2)cc1. The van der Waals surface area contributed by atoms with E-state index in [0.29, 0.717) is 5.89 Å². The van der Waals surface area contributed by atoms with E-state index >= 15 is 0 Å². The molecule has 0 aliphatic carbocycles. The minimum Gasteiger partial charge on any atom is -0.435 e. The molecule has 2 aromatic heterocycles. The lowest BCUT2D eigenvalue weighted by Crippen LogP contribution is -2.09. The van der Waals surface area contributed by atoms with Gasteiger partial charge in [-0.1, -0.05) is 103 Å². The first-order chi connectivity index (χ1) is 24.3. The van der Waals surface area contributed by atoms with E-state index in [9.17, 15) is 0 Å². The van der Waals surface area contributed by atoms with Crippen molar-refractivity contribution < 1.29 is 4.42 Å². The molecule has 0 bridgehead atoms. The second kappa shape index (κ2) is 11.2. The molecule has 4 heteroatoms. The Morgan fingerprint density at radius 3 is 1.92 bits per heavy atom. The largest absolute Gasteiger partial charge is 0.435 e. The first kappa shape index (κ1) is 27.8. The fraction of sp³-hybridized carbons (Fsp3) is 0. The maximum absolute atomic E-state index is 6.64. The highest BCUT2D eigenvalue weighted by atomic mass is 32.1. The Hall–Kier alpha value is -6.23. The first-order valence-corrected chi connectivity index (χ1v) is 17.3. The molecule has 10 aromatic rings. The average Bonchev–Trinajstić information content (AvgIpc) is 3.77. The third-order valence-corrected chi connectivity index (χ3v) is 10.6. The Bertz CT molecular complexity index is 2820. The van der Waals surface area contributed by atoms with Gasteiger partial charge >= 0.3 is 0 Å². The third kappa shape index (κ3) is 4.61. The Morgan fingerprint density at radius 1 is 0.469 bits per heavy atom. The summed E-state index contributed by atoms with van der Waals surface area (Å²) in [6.07, 6.45) is 0. The number of oxazole rings is 1. The van der Waals surface area contributed by atoms with Crippen LogP contribution in [0.2, 0.25) is 0 Å². The van der Waals surface area contributed by atoms with Gasteiger partial charge in [0.1, 0.15) is 5.52 Å². The zero-order chi connectivity index (χ0) is 32.3. The second-order valence-electron chi connectivity index (χ2n) is 12.4. The molecule has 2 heterocycles. The van der Waals surface area contributed by atoms with E-state index in [0.717, 1.165) is 49.9 Å². The minimum absolute atomic E-state index is 0.627. The summed E-state index contributed by atoms with van der Waals surface area (Å²) >= 11 is 1.84. The van der Waals surface area contributed by atoms with E-state index in [2.05, 4.69) is 144 Å². The van der Waals surface area contributed by atoms with Crippen molar-refractivity contribution >= 4 is 81.2 Å². The number of aromatic nitrogens is 1. The van der Waals surface area contributed by atoms with Crippen molar-refractivity contribution in [3.63, 3.8) is 0 Å². The van der Waals surface area contributed by atoms with Gasteiger partial charge in [0.25, 0.3) is 0 Å². The van der Waals surface area contributed by atoms with E-state index in [4.69, 9.17) is 9.40 Å². The zero-order valence-electron chi connectivity index (χ0n) is 26.4. The Balaban J connectivity index is 1.25. The second-order valence-corrected chi connectivity index (χ2v) is 13.5. The van der Waals surface area contributed by atoms with E-state index in [1.54, 1.807) is 0 Å². The fourth-order valence-corrected chi connectivity index (χ4v) is 8.33. The highest BCUT2D eigenvalue weighted by Crippen LogP contribution is 2.44. The van der Waals surface area contributed by atoms with Crippen molar-refractivity contribution in [3.05, 3.63) is 170 Å². The van der Waals surface area contributed by atoms with Gasteiger partial charge in [0.15, 0.2) is 5.58 Å². The van der Waals surface area contributed by atoms with E-state index < -0.39 is 0 Å². The van der Waals surface area contributed by atoms with Gasteiger partial charge in [0.05, 0.1) is 0 Å². The van der Waals surface area contributed by atoms with Crippen LogP contribution >= 0.6 is 11.3 Å². The van der Waals surface area contributed by atoms with Crippen LogP contribution in [-0.2, 0) is 0 Å². The third-order valence-electron chi connectivity index (χ3n) is 9.45. The van der Waals surface area contributed by atoms with E-state index in [1.807, 2.05) is 41.7 Å². The van der Waals surface area contributed by atoms with Gasteiger partial charge in [-0.3, -0.25) is 0 Å². The molecule has 0 aliphatic heterocycles.